The number of ether oxygens (including phenoxy) is 2. The molecule has 3 aromatic carbocycles. The molecule has 3 fully saturated rings. The molecule has 0 unspecified atom stereocenters. The number of benzene rings is 3. The van der Waals surface area contributed by atoms with Crippen LogP contribution in [0, 0.1) is 11.7 Å². The number of piperazine rings is 1. The Kier molecular flexibility index (Phi) is 8.88. The molecule has 1 aliphatic carbocycles. The van der Waals surface area contributed by atoms with E-state index in [1.54, 1.807) is 66.7 Å². The van der Waals surface area contributed by atoms with Crippen molar-refractivity contribution in [1.29, 1.82) is 0 Å². The number of carbonyl (C=O) groups excluding carboxylic acids is 2. The minimum Gasteiger partial charge on any atom is -0.494 e. The first kappa shape index (κ1) is 28.5. The smallest absolute Gasteiger partial charge is 0.298 e. The van der Waals surface area contributed by atoms with E-state index >= 15 is 0 Å². The molecule has 0 radical (unpaired) electrons. The first-order valence-electron chi connectivity index (χ1n) is 14.5. The minimum atomic E-state index is -0.359. The van der Waals surface area contributed by atoms with Gasteiger partial charge < -0.3 is 19.3 Å². The number of thioether (sulfide) groups is 1. The van der Waals surface area contributed by atoms with Crippen molar-refractivity contribution in [2.45, 2.75) is 19.3 Å². The number of amides is 2. The van der Waals surface area contributed by atoms with Crippen LogP contribution >= 0.6 is 11.8 Å². The normalized spacial score (nSPS) is 19.1. The topological polar surface area (TPSA) is 62.3 Å². The summed E-state index contributed by atoms with van der Waals surface area (Å²) >= 11 is 0.913. The maximum absolute atomic E-state index is 13.1. The summed E-state index contributed by atoms with van der Waals surface area (Å²) in [4.78, 5) is 32.5. The van der Waals surface area contributed by atoms with Crippen LogP contribution < -0.4 is 14.4 Å². The molecule has 0 N–H and O–H groups in total. The monoisotopic (exact) mass is 587 g/mol. The van der Waals surface area contributed by atoms with E-state index in [1.807, 2.05) is 0 Å². The summed E-state index contributed by atoms with van der Waals surface area (Å²) in [5.41, 5.74) is 1.27. The second-order valence-electron chi connectivity index (χ2n) is 10.9. The van der Waals surface area contributed by atoms with Crippen LogP contribution in [0.2, 0.25) is 0 Å². The fraction of sp³-hybridized carbons (Fsp3) is 0.333. The Balaban J connectivity index is 0.970. The maximum atomic E-state index is 13.1. The van der Waals surface area contributed by atoms with Gasteiger partial charge in [-0.05, 0) is 109 Å². The molecule has 0 spiro atoms. The highest BCUT2D eigenvalue weighted by atomic mass is 32.2. The average Bonchev–Trinajstić information content (AvgIpc) is 3.78. The lowest BCUT2D eigenvalue weighted by molar-refractivity contribution is -0.113. The lowest BCUT2D eigenvalue weighted by Crippen LogP contribution is -2.47. The lowest BCUT2D eigenvalue weighted by Gasteiger charge is -2.34. The highest BCUT2D eigenvalue weighted by Gasteiger charge is 2.36. The summed E-state index contributed by atoms with van der Waals surface area (Å²) in [6.45, 7) is 7.53. The van der Waals surface area contributed by atoms with Crippen molar-refractivity contribution in [3.63, 3.8) is 0 Å². The van der Waals surface area contributed by atoms with E-state index in [4.69, 9.17) is 9.47 Å². The molecular weight excluding hydrogens is 553 g/mol. The fourth-order valence-corrected chi connectivity index (χ4v) is 5.98. The molecule has 2 amide bonds. The summed E-state index contributed by atoms with van der Waals surface area (Å²) in [6, 6.07) is 20.0. The number of carbonyl (C=O) groups is 2. The minimum absolute atomic E-state index is 0.329. The molecule has 0 bridgehead atoms. The number of anilines is 1. The van der Waals surface area contributed by atoms with Gasteiger partial charge in [0.1, 0.15) is 23.1 Å². The van der Waals surface area contributed by atoms with Crippen LogP contribution in [-0.4, -0.2) is 66.8 Å². The Hall–Kier alpha value is -3.66. The molecule has 0 atom stereocenters. The number of hydrogen-bond acceptors (Lipinski definition) is 7. The van der Waals surface area contributed by atoms with Crippen LogP contribution in [-0.2, 0) is 4.79 Å². The maximum Gasteiger partial charge on any atom is 0.298 e. The van der Waals surface area contributed by atoms with Crippen molar-refractivity contribution < 1.29 is 23.5 Å². The number of nitrogens with zero attached hydrogens (tertiary/aromatic N) is 3. The molecule has 7 nitrogen and oxygen atoms in total. The molecule has 2 heterocycles. The summed E-state index contributed by atoms with van der Waals surface area (Å²) in [5, 5.41) is -0.339. The zero-order valence-corrected chi connectivity index (χ0v) is 24.2. The molecule has 2 aliphatic heterocycles. The Bertz CT molecular complexity index is 1420. The van der Waals surface area contributed by atoms with Crippen LogP contribution in [0.5, 0.6) is 17.2 Å². The second-order valence-corrected chi connectivity index (χ2v) is 11.9. The van der Waals surface area contributed by atoms with E-state index in [2.05, 4.69) is 9.80 Å². The molecule has 3 aromatic rings. The van der Waals surface area contributed by atoms with Crippen molar-refractivity contribution >= 4 is 34.7 Å². The van der Waals surface area contributed by atoms with Crippen molar-refractivity contribution in [3.8, 4) is 17.2 Å². The van der Waals surface area contributed by atoms with Gasteiger partial charge in [-0.25, -0.2) is 9.29 Å². The molecular formula is C33H34FN3O4S. The van der Waals surface area contributed by atoms with Crippen molar-refractivity contribution in [1.82, 2.24) is 9.80 Å². The lowest BCUT2D eigenvalue weighted by atomic mass is 10.2. The first-order chi connectivity index (χ1) is 20.5. The highest BCUT2D eigenvalue weighted by Crippen LogP contribution is 2.36. The third-order valence-corrected chi connectivity index (χ3v) is 8.55. The third kappa shape index (κ3) is 7.40. The van der Waals surface area contributed by atoms with Gasteiger partial charge in [0, 0.05) is 39.3 Å². The van der Waals surface area contributed by atoms with Gasteiger partial charge in [0.25, 0.3) is 11.1 Å². The van der Waals surface area contributed by atoms with Gasteiger partial charge in [0.15, 0.2) is 0 Å². The largest absolute Gasteiger partial charge is 0.494 e. The predicted octanol–water partition coefficient (Wildman–Crippen LogP) is 6.66. The van der Waals surface area contributed by atoms with E-state index in [9.17, 15) is 14.0 Å². The van der Waals surface area contributed by atoms with E-state index in [0.29, 0.717) is 28.7 Å². The Labute approximate surface area is 249 Å². The van der Waals surface area contributed by atoms with Gasteiger partial charge in [-0.2, -0.15) is 0 Å². The van der Waals surface area contributed by atoms with Crippen molar-refractivity contribution in [3.05, 3.63) is 89.1 Å². The Morgan fingerprint density at radius 2 is 1.43 bits per heavy atom. The average molecular weight is 588 g/mol. The van der Waals surface area contributed by atoms with E-state index in [-0.39, 0.29) is 17.0 Å². The van der Waals surface area contributed by atoms with Gasteiger partial charge in [0.05, 0.1) is 17.2 Å². The molecule has 2 saturated heterocycles. The van der Waals surface area contributed by atoms with Gasteiger partial charge in [0.2, 0.25) is 0 Å². The summed E-state index contributed by atoms with van der Waals surface area (Å²) < 4.78 is 24.8. The van der Waals surface area contributed by atoms with Gasteiger partial charge in [-0.3, -0.25) is 9.59 Å². The number of imide groups is 1. The summed E-state index contributed by atoms with van der Waals surface area (Å²) in [5.74, 6) is 2.09. The molecule has 1 saturated carbocycles. The van der Waals surface area contributed by atoms with E-state index in [1.165, 1.54) is 49.5 Å². The van der Waals surface area contributed by atoms with Crippen molar-refractivity contribution in [2.24, 2.45) is 5.92 Å². The van der Waals surface area contributed by atoms with E-state index < -0.39 is 0 Å². The zero-order chi connectivity index (χ0) is 28.9. The first-order valence-corrected chi connectivity index (χ1v) is 15.3. The van der Waals surface area contributed by atoms with Gasteiger partial charge in [-0.1, -0.05) is 12.1 Å². The van der Waals surface area contributed by atoms with E-state index in [0.717, 1.165) is 55.0 Å². The number of rotatable bonds is 11. The molecule has 9 heteroatoms. The van der Waals surface area contributed by atoms with Gasteiger partial charge in [-0.15, -0.1) is 0 Å². The third-order valence-electron chi connectivity index (χ3n) is 7.68. The van der Waals surface area contributed by atoms with Crippen molar-refractivity contribution in [2.75, 3.05) is 50.8 Å². The molecule has 42 heavy (non-hydrogen) atoms. The number of hydrogen-bond donors (Lipinski definition) is 0. The zero-order valence-electron chi connectivity index (χ0n) is 23.4. The quantitative estimate of drug-likeness (QED) is 0.184. The van der Waals surface area contributed by atoms with Crippen LogP contribution in [0.1, 0.15) is 24.8 Å². The van der Waals surface area contributed by atoms with Crippen LogP contribution in [0.4, 0.5) is 14.9 Å². The summed E-state index contributed by atoms with van der Waals surface area (Å²) in [7, 11) is 0. The highest BCUT2D eigenvalue weighted by molar-refractivity contribution is 8.19. The van der Waals surface area contributed by atoms with Crippen LogP contribution in [0.25, 0.3) is 6.08 Å². The number of halogens is 1. The second kappa shape index (κ2) is 13.1. The van der Waals surface area contributed by atoms with Crippen LogP contribution in [0.3, 0.4) is 0 Å². The fourth-order valence-electron chi connectivity index (χ4n) is 5.14. The SMILES string of the molecule is O=C1S/C(=C\c2ccc(Oc3ccc(F)cc3)cc2)C(=O)N1c1ccc(OCCCN2CCN(CC3CC3)CC2)cc1. The van der Waals surface area contributed by atoms with Gasteiger partial charge >= 0.3 is 0 Å². The summed E-state index contributed by atoms with van der Waals surface area (Å²) in [6.07, 6.45) is 5.47. The standard InChI is InChI=1S/C33H34FN3O4S/c34-26-6-12-30(13-7-26)41-29-10-4-24(5-11-29)22-31-32(38)37(33(39)42-31)27-8-14-28(15-9-27)40-21-1-16-35-17-19-36(20-18-35)23-25-2-3-25/h4-15,22,25H,1-3,16-21,23H2/b31-22-. The molecule has 218 valence electrons. The predicted molar refractivity (Wildman–Crippen MR) is 164 cm³/mol. The molecule has 6 rings (SSSR count). The molecule has 3 aliphatic rings. The molecule has 0 aromatic heterocycles. The van der Waals surface area contributed by atoms with Crippen LogP contribution in [0.15, 0.2) is 77.7 Å². The Morgan fingerprint density at radius 3 is 2.10 bits per heavy atom. The Morgan fingerprint density at radius 1 is 0.810 bits per heavy atom.